The Morgan fingerprint density at radius 2 is 1.68 bits per heavy atom. The molecule has 2 aromatic heterocycles. The van der Waals surface area contributed by atoms with Gasteiger partial charge >= 0.3 is 6.09 Å². The summed E-state index contributed by atoms with van der Waals surface area (Å²) in [6, 6.07) is 16.6. The first-order valence-electron chi connectivity index (χ1n) is 13.5. The van der Waals surface area contributed by atoms with Crippen molar-refractivity contribution in [3.8, 4) is 11.4 Å². The van der Waals surface area contributed by atoms with Crippen LogP contribution in [0.1, 0.15) is 29.2 Å². The number of Topliss-reactive ketones (excluding diaryl/α,β-unsaturated/α-hetero) is 1. The smallest absolute Gasteiger partial charge is 0.409 e. The van der Waals surface area contributed by atoms with Crippen LogP contribution in [-0.2, 0) is 4.74 Å². The number of nitrogens with one attached hydrogen (secondary N) is 1. The van der Waals surface area contributed by atoms with Gasteiger partial charge in [-0.05, 0) is 37.1 Å². The summed E-state index contributed by atoms with van der Waals surface area (Å²) in [5, 5.41) is 17.1. The Bertz CT molecular complexity index is 1490. The first kappa shape index (κ1) is 25.9. The summed E-state index contributed by atoms with van der Waals surface area (Å²) in [5.41, 5.74) is 2.79. The zero-order valence-corrected chi connectivity index (χ0v) is 22.1. The molecule has 11 nitrogen and oxygen atoms in total. The summed E-state index contributed by atoms with van der Waals surface area (Å²) >= 11 is 0. The van der Waals surface area contributed by atoms with Crippen molar-refractivity contribution in [1.82, 2.24) is 24.6 Å². The molecule has 0 atom stereocenters. The van der Waals surface area contributed by atoms with Crippen LogP contribution in [0.4, 0.5) is 16.3 Å². The monoisotopic (exact) mass is 541 g/mol. The molecule has 40 heavy (non-hydrogen) atoms. The molecule has 4 heterocycles. The molecule has 0 radical (unpaired) electrons. The molecule has 2 fully saturated rings. The molecule has 2 aliphatic rings. The van der Waals surface area contributed by atoms with Gasteiger partial charge in [-0.25, -0.2) is 19.4 Å². The summed E-state index contributed by atoms with van der Waals surface area (Å²) in [4.78, 5) is 38.0. The number of fused-ring (bicyclic) bond motifs is 1. The van der Waals surface area contributed by atoms with Crippen LogP contribution in [0.5, 0.6) is 0 Å². The molecule has 0 unspecified atom stereocenters. The topological polar surface area (TPSA) is 126 Å². The summed E-state index contributed by atoms with van der Waals surface area (Å²) in [5.74, 6) is 1.53. The minimum absolute atomic E-state index is 0.140. The number of ketones is 1. The van der Waals surface area contributed by atoms with Gasteiger partial charge in [-0.3, -0.25) is 15.0 Å². The van der Waals surface area contributed by atoms with Crippen LogP contribution < -0.4 is 10.2 Å². The van der Waals surface area contributed by atoms with Gasteiger partial charge in [-0.15, -0.1) is 0 Å². The molecule has 4 aromatic rings. The third kappa shape index (κ3) is 5.51. The quantitative estimate of drug-likeness (QED) is 0.335. The highest BCUT2D eigenvalue weighted by atomic mass is 16.5. The number of hydrogen-bond donors (Lipinski definition) is 2. The highest BCUT2D eigenvalue weighted by molar-refractivity contribution is 5.97. The van der Waals surface area contributed by atoms with Gasteiger partial charge in [0.05, 0.1) is 37.4 Å². The Hall–Kier alpha value is -4.35. The fourth-order valence-corrected chi connectivity index (χ4v) is 5.39. The van der Waals surface area contributed by atoms with Crippen LogP contribution in [0.2, 0.25) is 0 Å². The number of likely N-dealkylation sites (tertiary alicyclic amines) is 1. The number of amides is 1. The third-order valence-corrected chi connectivity index (χ3v) is 7.50. The SMILES string of the molecule is O=C(O)Nc1ccc(-c2nc(N3CCOCC3)c3cnn(C4CCN(CC(=O)c5ccccc5)CC4)c3n2)cc1. The van der Waals surface area contributed by atoms with E-state index >= 15 is 0 Å². The number of carbonyl (C=O) groups is 2. The van der Waals surface area contributed by atoms with Crippen LogP contribution in [-0.4, -0.2) is 87.6 Å². The second-order valence-electron chi connectivity index (χ2n) is 10.1. The van der Waals surface area contributed by atoms with E-state index in [2.05, 4.69) is 15.1 Å². The fourth-order valence-electron chi connectivity index (χ4n) is 5.39. The van der Waals surface area contributed by atoms with Crippen molar-refractivity contribution in [1.29, 1.82) is 0 Å². The van der Waals surface area contributed by atoms with Crippen LogP contribution >= 0.6 is 0 Å². The van der Waals surface area contributed by atoms with Crippen molar-refractivity contribution in [3.63, 3.8) is 0 Å². The second-order valence-corrected chi connectivity index (χ2v) is 10.1. The lowest BCUT2D eigenvalue weighted by atomic mass is 10.0. The highest BCUT2D eigenvalue weighted by Crippen LogP contribution is 2.32. The average Bonchev–Trinajstić information content (AvgIpc) is 3.42. The molecule has 0 saturated carbocycles. The van der Waals surface area contributed by atoms with Crippen molar-refractivity contribution in [2.24, 2.45) is 0 Å². The molecule has 206 valence electrons. The largest absolute Gasteiger partial charge is 0.465 e. The van der Waals surface area contributed by atoms with E-state index in [0.717, 1.165) is 67.0 Å². The van der Waals surface area contributed by atoms with Crippen molar-refractivity contribution < 1.29 is 19.4 Å². The number of aromatic nitrogens is 4. The molecular formula is C29H31N7O4. The van der Waals surface area contributed by atoms with Gasteiger partial charge in [0.15, 0.2) is 17.3 Å². The fraction of sp³-hybridized carbons (Fsp3) is 0.345. The Kier molecular flexibility index (Phi) is 7.39. The molecular weight excluding hydrogens is 510 g/mol. The van der Waals surface area contributed by atoms with Crippen LogP contribution in [0, 0.1) is 0 Å². The van der Waals surface area contributed by atoms with E-state index in [4.69, 9.17) is 24.9 Å². The maximum absolute atomic E-state index is 12.7. The summed E-state index contributed by atoms with van der Waals surface area (Å²) in [6.45, 7) is 4.73. The van der Waals surface area contributed by atoms with E-state index in [-0.39, 0.29) is 11.8 Å². The van der Waals surface area contributed by atoms with Gasteiger partial charge in [-0.1, -0.05) is 30.3 Å². The number of benzene rings is 2. The molecule has 0 spiro atoms. The molecule has 0 aliphatic carbocycles. The maximum Gasteiger partial charge on any atom is 0.409 e. The number of rotatable bonds is 7. The Balaban J connectivity index is 1.26. The first-order valence-corrected chi connectivity index (χ1v) is 13.5. The Morgan fingerprint density at radius 1 is 0.950 bits per heavy atom. The van der Waals surface area contributed by atoms with Crippen molar-refractivity contribution >= 4 is 34.4 Å². The first-order chi connectivity index (χ1) is 19.5. The van der Waals surface area contributed by atoms with Gasteiger partial charge in [0.2, 0.25) is 0 Å². The predicted octanol–water partition coefficient (Wildman–Crippen LogP) is 3.94. The van der Waals surface area contributed by atoms with Crippen LogP contribution in [0.15, 0.2) is 60.8 Å². The minimum atomic E-state index is -1.11. The molecule has 2 aromatic carbocycles. The highest BCUT2D eigenvalue weighted by Gasteiger charge is 2.27. The number of piperidine rings is 1. The van der Waals surface area contributed by atoms with E-state index < -0.39 is 6.09 Å². The second kappa shape index (κ2) is 11.4. The van der Waals surface area contributed by atoms with E-state index in [9.17, 15) is 9.59 Å². The maximum atomic E-state index is 12.7. The lowest BCUT2D eigenvalue weighted by molar-refractivity contribution is 0.0896. The lowest BCUT2D eigenvalue weighted by Crippen LogP contribution is -2.38. The summed E-state index contributed by atoms with van der Waals surface area (Å²) in [6.07, 6.45) is 2.47. The number of morpholine rings is 1. The van der Waals surface area contributed by atoms with Gasteiger partial charge in [0.1, 0.15) is 5.82 Å². The van der Waals surface area contributed by atoms with Crippen molar-refractivity contribution in [2.75, 3.05) is 56.2 Å². The predicted molar refractivity (Wildman–Crippen MR) is 151 cm³/mol. The van der Waals surface area contributed by atoms with Crippen molar-refractivity contribution in [2.45, 2.75) is 18.9 Å². The van der Waals surface area contributed by atoms with Crippen LogP contribution in [0.3, 0.4) is 0 Å². The van der Waals surface area contributed by atoms with Gasteiger partial charge in [0.25, 0.3) is 0 Å². The molecule has 0 bridgehead atoms. The summed E-state index contributed by atoms with van der Waals surface area (Å²) < 4.78 is 7.58. The minimum Gasteiger partial charge on any atom is -0.465 e. The normalized spacial score (nSPS) is 16.8. The molecule has 6 rings (SSSR count). The zero-order valence-electron chi connectivity index (χ0n) is 22.1. The molecule has 2 saturated heterocycles. The van der Waals surface area contributed by atoms with E-state index in [1.54, 1.807) is 12.1 Å². The number of hydrogen-bond acceptors (Lipinski definition) is 8. The number of nitrogens with zero attached hydrogens (tertiary/aromatic N) is 6. The zero-order chi connectivity index (χ0) is 27.5. The Morgan fingerprint density at radius 3 is 2.38 bits per heavy atom. The lowest BCUT2D eigenvalue weighted by Gasteiger charge is -2.32. The molecule has 11 heteroatoms. The summed E-state index contributed by atoms with van der Waals surface area (Å²) in [7, 11) is 0. The Labute approximate surface area is 231 Å². The number of carboxylic acid groups (broad SMARTS) is 1. The van der Waals surface area contributed by atoms with Gasteiger partial charge in [-0.2, -0.15) is 5.10 Å². The third-order valence-electron chi connectivity index (χ3n) is 7.50. The van der Waals surface area contributed by atoms with Gasteiger partial charge < -0.3 is 14.7 Å². The molecule has 2 aliphatic heterocycles. The van der Waals surface area contributed by atoms with E-state index in [0.29, 0.717) is 31.3 Å². The van der Waals surface area contributed by atoms with E-state index in [1.807, 2.05) is 53.3 Å². The average molecular weight is 542 g/mol. The number of anilines is 2. The van der Waals surface area contributed by atoms with E-state index in [1.165, 1.54) is 0 Å². The van der Waals surface area contributed by atoms with Gasteiger partial charge in [0, 0.05) is 43.0 Å². The van der Waals surface area contributed by atoms with Crippen molar-refractivity contribution in [3.05, 3.63) is 66.4 Å². The number of carbonyl (C=O) groups excluding carboxylic acids is 1. The number of ether oxygens (including phenoxy) is 1. The standard InChI is InChI=1S/C29H31N7O4/c37-25(20-4-2-1-3-5-20)19-34-12-10-23(11-13-34)36-28-24(18-30-36)27(35-14-16-40-17-15-35)32-26(33-28)21-6-8-22(9-7-21)31-29(38)39/h1-9,18,23,31H,10-17,19H2,(H,38,39). The van der Waals surface area contributed by atoms with Crippen LogP contribution in [0.25, 0.3) is 22.4 Å². The molecule has 2 N–H and O–H groups in total. The molecule has 1 amide bonds.